The number of nitrogen functional groups attached to an aromatic ring is 1. The van der Waals surface area contributed by atoms with Crippen LogP contribution < -0.4 is 5.73 Å². The fourth-order valence-electron chi connectivity index (χ4n) is 1.17. The molecule has 0 fully saturated rings. The predicted octanol–water partition coefficient (Wildman–Crippen LogP) is 0.832. The van der Waals surface area contributed by atoms with E-state index in [0.717, 1.165) is 6.42 Å². The van der Waals surface area contributed by atoms with Crippen LogP contribution in [0.4, 0.5) is 5.95 Å². The van der Waals surface area contributed by atoms with Gasteiger partial charge in [-0.25, -0.2) is 0 Å². The van der Waals surface area contributed by atoms with Crippen molar-refractivity contribution in [3.63, 3.8) is 0 Å². The number of hydrogen-bond acceptors (Lipinski definition) is 5. The smallest absolute Gasteiger partial charge is 0.260 e. The van der Waals surface area contributed by atoms with E-state index in [4.69, 9.17) is 10.3 Å². The Balaban J connectivity index is 1.95. The Bertz CT molecular complexity index is 398. The Hall–Kier alpha value is -1.91. The van der Waals surface area contributed by atoms with Crippen molar-refractivity contribution in [2.24, 2.45) is 0 Å². The van der Waals surface area contributed by atoms with E-state index < -0.39 is 0 Å². The van der Waals surface area contributed by atoms with Crippen LogP contribution in [0.3, 0.4) is 0 Å². The molecule has 72 valence electrons. The Labute approximate surface area is 81.0 Å². The SMILES string of the molecule is Nc1noc(CCc2ccncc2)n1. The van der Waals surface area contributed by atoms with Crippen LogP contribution in [0.15, 0.2) is 29.0 Å². The van der Waals surface area contributed by atoms with E-state index >= 15 is 0 Å². The third-order valence-corrected chi connectivity index (χ3v) is 1.86. The number of nitrogens with two attached hydrogens (primary N) is 1. The van der Waals surface area contributed by atoms with Crippen molar-refractivity contribution in [3.8, 4) is 0 Å². The number of aryl methyl sites for hydroxylation is 2. The molecule has 0 radical (unpaired) electrons. The first kappa shape index (κ1) is 8.68. The van der Waals surface area contributed by atoms with E-state index in [1.165, 1.54) is 5.56 Å². The third-order valence-electron chi connectivity index (χ3n) is 1.86. The Morgan fingerprint density at radius 2 is 2.00 bits per heavy atom. The third kappa shape index (κ3) is 2.07. The zero-order chi connectivity index (χ0) is 9.80. The summed E-state index contributed by atoms with van der Waals surface area (Å²) < 4.78 is 4.88. The van der Waals surface area contributed by atoms with E-state index in [0.29, 0.717) is 12.3 Å². The Kier molecular flexibility index (Phi) is 2.40. The van der Waals surface area contributed by atoms with Crippen LogP contribution in [0.1, 0.15) is 11.5 Å². The minimum Gasteiger partial charge on any atom is -0.365 e. The molecule has 5 heteroatoms. The van der Waals surface area contributed by atoms with Crippen LogP contribution in [0, 0.1) is 0 Å². The molecular weight excluding hydrogens is 180 g/mol. The molecule has 2 heterocycles. The predicted molar refractivity (Wildman–Crippen MR) is 50.4 cm³/mol. The lowest BCUT2D eigenvalue weighted by Crippen LogP contribution is -1.92. The summed E-state index contributed by atoms with van der Waals surface area (Å²) in [5, 5.41) is 3.51. The molecule has 0 aliphatic carbocycles. The lowest BCUT2D eigenvalue weighted by molar-refractivity contribution is 0.379. The van der Waals surface area contributed by atoms with Crippen LogP contribution in [0.25, 0.3) is 0 Å². The number of anilines is 1. The molecule has 0 aliphatic rings. The van der Waals surface area contributed by atoms with E-state index in [2.05, 4.69) is 15.1 Å². The van der Waals surface area contributed by atoms with Gasteiger partial charge < -0.3 is 10.3 Å². The van der Waals surface area contributed by atoms with Crippen LogP contribution >= 0.6 is 0 Å². The molecular formula is C9H10N4O. The standard InChI is InChI=1S/C9H10N4O/c10-9-12-8(14-13-9)2-1-7-3-5-11-6-4-7/h3-6H,1-2H2,(H2,10,13). The summed E-state index contributed by atoms with van der Waals surface area (Å²) in [6.45, 7) is 0. The highest BCUT2D eigenvalue weighted by Crippen LogP contribution is 2.04. The maximum Gasteiger partial charge on any atom is 0.260 e. The van der Waals surface area contributed by atoms with Gasteiger partial charge in [-0.15, -0.1) is 0 Å². The average molecular weight is 190 g/mol. The van der Waals surface area contributed by atoms with Crippen LogP contribution in [0.5, 0.6) is 0 Å². The molecule has 2 rings (SSSR count). The molecule has 0 aliphatic heterocycles. The minimum absolute atomic E-state index is 0.190. The normalized spacial score (nSPS) is 10.3. The molecule has 2 aromatic heterocycles. The maximum atomic E-state index is 5.32. The van der Waals surface area contributed by atoms with Crippen molar-refractivity contribution in [1.82, 2.24) is 15.1 Å². The van der Waals surface area contributed by atoms with Gasteiger partial charge in [0.1, 0.15) is 0 Å². The fourth-order valence-corrected chi connectivity index (χ4v) is 1.17. The van der Waals surface area contributed by atoms with Gasteiger partial charge in [0.25, 0.3) is 5.95 Å². The van der Waals surface area contributed by atoms with Crippen LogP contribution in [0.2, 0.25) is 0 Å². The number of nitrogens with zero attached hydrogens (tertiary/aromatic N) is 3. The zero-order valence-corrected chi connectivity index (χ0v) is 7.55. The van der Waals surface area contributed by atoms with Crippen LogP contribution in [-0.2, 0) is 12.8 Å². The Morgan fingerprint density at radius 3 is 2.64 bits per heavy atom. The summed E-state index contributed by atoms with van der Waals surface area (Å²) >= 11 is 0. The molecule has 2 N–H and O–H groups in total. The summed E-state index contributed by atoms with van der Waals surface area (Å²) in [6.07, 6.45) is 5.08. The molecule has 0 saturated carbocycles. The fraction of sp³-hybridized carbons (Fsp3) is 0.222. The second-order valence-corrected chi connectivity index (χ2v) is 2.90. The lowest BCUT2D eigenvalue weighted by atomic mass is 10.1. The van der Waals surface area contributed by atoms with E-state index in [1.54, 1.807) is 12.4 Å². The second kappa shape index (κ2) is 3.87. The van der Waals surface area contributed by atoms with Gasteiger partial charge in [-0.2, -0.15) is 4.98 Å². The second-order valence-electron chi connectivity index (χ2n) is 2.90. The van der Waals surface area contributed by atoms with Gasteiger partial charge in [0.15, 0.2) is 0 Å². The largest absolute Gasteiger partial charge is 0.365 e. The number of rotatable bonds is 3. The lowest BCUT2D eigenvalue weighted by Gasteiger charge is -1.95. The first-order chi connectivity index (χ1) is 6.84. The highest BCUT2D eigenvalue weighted by atomic mass is 16.5. The van der Waals surface area contributed by atoms with Gasteiger partial charge in [-0.3, -0.25) is 4.98 Å². The maximum absolute atomic E-state index is 5.32. The van der Waals surface area contributed by atoms with Crippen LogP contribution in [-0.4, -0.2) is 15.1 Å². The van der Waals surface area contributed by atoms with E-state index in [-0.39, 0.29) is 5.95 Å². The number of aromatic nitrogens is 3. The molecule has 0 atom stereocenters. The van der Waals surface area contributed by atoms with Crippen molar-refractivity contribution < 1.29 is 4.52 Å². The first-order valence-corrected chi connectivity index (χ1v) is 4.31. The Morgan fingerprint density at radius 1 is 1.21 bits per heavy atom. The average Bonchev–Trinajstić information content (AvgIpc) is 2.63. The summed E-state index contributed by atoms with van der Waals surface area (Å²) in [5.41, 5.74) is 6.51. The summed E-state index contributed by atoms with van der Waals surface area (Å²) in [4.78, 5) is 7.84. The molecule has 5 nitrogen and oxygen atoms in total. The van der Waals surface area contributed by atoms with Gasteiger partial charge in [-0.1, -0.05) is 0 Å². The molecule has 0 unspecified atom stereocenters. The minimum atomic E-state index is 0.190. The topological polar surface area (TPSA) is 77.8 Å². The molecule has 0 saturated heterocycles. The van der Waals surface area contributed by atoms with E-state index in [9.17, 15) is 0 Å². The highest BCUT2D eigenvalue weighted by Gasteiger charge is 2.02. The molecule has 0 bridgehead atoms. The first-order valence-electron chi connectivity index (χ1n) is 4.31. The van der Waals surface area contributed by atoms with Crippen molar-refractivity contribution in [2.75, 3.05) is 5.73 Å². The van der Waals surface area contributed by atoms with E-state index in [1.807, 2.05) is 12.1 Å². The number of pyridine rings is 1. The van der Waals surface area contributed by atoms with Gasteiger partial charge in [0, 0.05) is 18.8 Å². The summed E-state index contributed by atoms with van der Waals surface area (Å²) in [5.74, 6) is 0.758. The molecule has 14 heavy (non-hydrogen) atoms. The van der Waals surface area contributed by atoms with Crippen molar-refractivity contribution in [2.45, 2.75) is 12.8 Å². The van der Waals surface area contributed by atoms with Gasteiger partial charge in [0.05, 0.1) is 0 Å². The van der Waals surface area contributed by atoms with Gasteiger partial charge in [-0.05, 0) is 29.3 Å². The summed E-state index contributed by atoms with van der Waals surface area (Å²) in [6, 6.07) is 3.92. The van der Waals surface area contributed by atoms with Gasteiger partial charge >= 0.3 is 0 Å². The molecule has 0 spiro atoms. The van der Waals surface area contributed by atoms with Gasteiger partial charge in [0.2, 0.25) is 5.89 Å². The molecule has 0 amide bonds. The van der Waals surface area contributed by atoms with Crippen molar-refractivity contribution in [1.29, 1.82) is 0 Å². The van der Waals surface area contributed by atoms with Crippen molar-refractivity contribution in [3.05, 3.63) is 36.0 Å². The molecule has 2 aromatic rings. The number of hydrogen-bond donors (Lipinski definition) is 1. The zero-order valence-electron chi connectivity index (χ0n) is 7.55. The van der Waals surface area contributed by atoms with Crippen molar-refractivity contribution >= 4 is 5.95 Å². The summed E-state index contributed by atoms with van der Waals surface area (Å²) in [7, 11) is 0. The quantitative estimate of drug-likeness (QED) is 0.775. The molecule has 0 aromatic carbocycles. The monoisotopic (exact) mass is 190 g/mol. The highest BCUT2D eigenvalue weighted by molar-refractivity contribution is 5.13.